The molecule has 0 aliphatic carbocycles. The van der Waals surface area contributed by atoms with Crippen LogP contribution in [0, 0.1) is 13.8 Å². The minimum Gasteiger partial charge on any atom is -0.377 e. The van der Waals surface area contributed by atoms with E-state index >= 15 is 0 Å². The summed E-state index contributed by atoms with van der Waals surface area (Å²) in [6, 6.07) is 8.13. The Morgan fingerprint density at radius 2 is 1.95 bits per heavy atom. The zero-order valence-corrected chi connectivity index (χ0v) is 13.1. The Hall–Kier alpha value is -1.81. The molecule has 1 heterocycles. The van der Waals surface area contributed by atoms with Crippen molar-refractivity contribution in [1.82, 2.24) is 5.32 Å². The number of carbonyl (C=O) groups excluding carboxylic acids is 1. The Morgan fingerprint density at radius 3 is 2.50 bits per heavy atom. The van der Waals surface area contributed by atoms with Crippen LogP contribution in [0.2, 0.25) is 0 Å². The third kappa shape index (κ3) is 3.02. The van der Waals surface area contributed by atoms with Crippen LogP contribution in [0.4, 0.5) is 5.69 Å². The van der Waals surface area contributed by atoms with Gasteiger partial charge in [-0.2, -0.15) is 0 Å². The van der Waals surface area contributed by atoms with Gasteiger partial charge in [0.15, 0.2) is 0 Å². The molecule has 0 radical (unpaired) electrons. The van der Waals surface area contributed by atoms with Gasteiger partial charge in [-0.25, -0.2) is 0 Å². The monoisotopic (exact) mass is 288 g/mol. The van der Waals surface area contributed by atoms with Crippen molar-refractivity contribution in [3.63, 3.8) is 0 Å². The molecule has 4 heteroatoms. The van der Waals surface area contributed by atoms with Crippen LogP contribution in [0.5, 0.6) is 0 Å². The van der Waals surface area contributed by atoms with E-state index in [-0.39, 0.29) is 11.9 Å². The van der Waals surface area contributed by atoms with Crippen LogP contribution in [-0.2, 0) is 0 Å². The summed E-state index contributed by atoms with van der Waals surface area (Å²) in [5, 5.41) is 8.27. The molecular weight excluding hydrogens is 268 g/mol. The third-order valence-corrected chi connectivity index (χ3v) is 4.58. The molecule has 0 spiro atoms. The molecule has 1 aromatic carbocycles. The Balaban J connectivity index is 2.18. The number of rotatable bonds is 4. The number of carbonyl (C=O) groups is 1. The summed E-state index contributed by atoms with van der Waals surface area (Å²) >= 11 is 1.77. The molecule has 106 valence electrons. The van der Waals surface area contributed by atoms with Gasteiger partial charge < -0.3 is 10.6 Å². The molecule has 0 aliphatic heterocycles. The highest BCUT2D eigenvalue weighted by atomic mass is 32.1. The first-order valence-corrected chi connectivity index (χ1v) is 7.54. The van der Waals surface area contributed by atoms with Gasteiger partial charge >= 0.3 is 0 Å². The fraction of sp³-hybridized carbons (Fsp3) is 0.312. The molecule has 1 aromatic heterocycles. The van der Waals surface area contributed by atoms with Crippen molar-refractivity contribution in [3.05, 3.63) is 51.2 Å². The van der Waals surface area contributed by atoms with Gasteiger partial charge in [-0.15, -0.1) is 11.3 Å². The van der Waals surface area contributed by atoms with Gasteiger partial charge in [-0.1, -0.05) is 0 Å². The Kier molecular flexibility index (Phi) is 4.45. The van der Waals surface area contributed by atoms with E-state index in [1.807, 2.05) is 25.1 Å². The van der Waals surface area contributed by atoms with Crippen LogP contribution in [0.15, 0.2) is 29.6 Å². The predicted molar refractivity (Wildman–Crippen MR) is 85.7 cm³/mol. The third-order valence-electron chi connectivity index (χ3n) is 3.38. The summed E-state index contributed by atoms with van der Waals surface area (Å²) in [7, 11) is 1.64. The van der Waals surface area contributed by atoms with Gasteiger partial charge in [-0.3, -0.25) is 4.79 Å². The normalized spacial score (nSPS) is 12.0. The second-order valence-electron chi connectivity index (χ2n) is 4.94. The van der Waals surface area contributed by atoms with Crippen molar-refractivity contribution in [2.24, 2.45) is 0 Å². The molecule has 1 unspecified atom stereocenters. The zero-order valence-electron chi connectivity index (χ0n) is 12.3. The number of anilines is 1. The number of hydrogen-bond donors (Lipinski definition) is 2. The van der Waals surface area contributed by atoms with E-state index in [0.29, 0.717) is 5.56 Å². The smallest absolute Gasteiger partial charge is 0.251 e. The molecule has 1 atom stereocenters. The lowest BCUT2D eigenvalue weighted by molar-refractivity contribution is 0.0963. The molecule has 0 saturated heterocycles. The topological polar surface area (TPSA) is 41.1 Å². The van der Waals surface area contributed by atoms with E-state index in [9.17, 15) is 4.79 Å². The van der Waals surface area contributed by atoms with E-state index < -0.39 is 0 Å². The summed E-state index contributed by atoms with van der Waals surface area (Å²) in [4.78, 5) is 12.9. The first kappa shape index (κ1) is 14.6. The highest BCUT2D eigenvalue weighted by Crippen LogP contribution is 2.28. The van der Waals surface area contributed by atoms with Gasteiger partial charge in [0.2, 0.25) is 0 Å². The predicted octanol–water partition coefficient (Wildman–Crippen LogP) is 3.90. The minimum absolute atomic E-state index is 0.0539. The number of benzene rings is 1. The SMILES string of the molecule is CNC(=O)c1ccc(NC(C)c2sccc2C)c(C)c1. The molecule has 0 aliphatic rings. The first-order chi connectivity index (χ1) is 9.52. The van der Waals surface area contributed by atoms with Crippen LogP contribution in [0.3, 0.4) is 0 Å². The minimum atomic E-state index is -0.0539. The van der Waals surface area contributed by atoms with Crippen molar-refractivity contribution >= 4 is 22.9 Å². The first-order valence-electron chi connectivity index (χ1n) is 6.66. The maximum Gasteiger partial charge on any atom is 0.251 e. The van der Waals surface area contributed by atoms with Crippen LogP contribution in [0.25, 0.3) is 0 Å². The van der Waals surface area contributed by atoms with Crippen molar-refractivity contribution in [2.45, 2.75) is 26.8 Å². The fourth-order valence-electron chi connectivity index (χ4n) is 2.24. The average Bonchev–Trinajstić information content (AvgIpc) is 2.86. The molecule has 0 fully saturated rings. The van der Waals surface area contributed by atoms with E-state index in [1.54, 1.807) is 18.4 Å². The lowest BCUT2D eigenvalue weighted by atomic mass is 10.1. The summed E-state index contributed by atoms with van der Waals surface area (Å²) in [5.41, 5.74) is 4.15. The quantitative estimate of drug-likeness (QED) is 0.896. The number of amides is 1. The van der Waals surface area contributed by atoms with E-state index in [1.165, 1.54) is 10.4 Å². The molecule has 0 bridgehead atoms. The van der Waals surface area contributed by atoms with Crippen molar-refractivity contribution in [2.75, 3.05) is 12.4 Å². The van der Waals surface area contributed by atoms with Crippen LogP contribution in [-0.4, -0.2) is 13.0 Å². The number of thiophene rings is 1. The lowest BCUT2D eigenvalue weighted by Gasteiger charge is -2.17. The van der Waals surface area contributed by atoms with E-state index in [0.717, 1.165) is 11.3 Å². The van der Waals surface area contributed by atoms with Crippen molar-refractivity contribution in [3.8, 4) is 0 Å². The highest BCUT2D eigenvalue weighted by molar-refractivity contribution is 7.10. The van der Waals surface area contributed by atoms with Crippen molar-refractivity contribution in [1.29, 1.82) is 0 Å². The Morgan fingerprint density at radius 1 is 1.20 bits per heavy atom. The Bertz CT molecular complexity index is 619. The molecule has 1 amide bonds. The van der Waals surface area contributed by atoms with Gasteiger partial charge in [0.05, 0.1) is 6.04 Å². The lowest BCUT2D eigenvalue weighted by Crippen LogP contribution is -2.18. The fourth-order valence-corrected chi connectivity index (χ4v) is 3.17. The summed E-state index contributed by atoms with van der Waals surface area (Å²) in [6.45, 7) is 6.30. The number of aryl methyl sites for hydroxylation is 2. The summed E-state index contributed by atoms with van der Waals surface area (Å²) < 4.78 is 0. The molecule has 2 N–H and O–H groups in total. The number of hydrogen-bond acceptors (Lipinski definition) is 3. The van der Waals surface area contributed by atoms with Gasteiger partial charge in [0, 0.05) is 23.2 Å². The molecule has 20 heavy (non-hydrogen) atoms. The van der Waals surface area contributed by atoms with Crippen molar-refractivity contribution < 1.29 is 4.79 Å². The largest absolute Gasteiger partial charge is 0.377 e. The van der Waals surface area contributed by atoms with Gasteiger partial charge in [0.25, 0.3) is 5.91 Å². The molecule has 2 rings (SSSR count). The van der Waals surface area contributed by atoms with Crippen LogP contribution in [0.1, 0.15) is 39.3 Å². The maximum atomic E-state index is 11.6. The van der Waals surface area contributed by atoms with Crippen LogP contribution < -0.4 is 10.6 Å². The molecular formula is C16H20N2OS. The average molecular weight is 288 g/mol. The maximum absolute atomic E-state index is 11.6. The molecule has 2 aromatic rings. The molecule has 0 saturated carbocycles. The summed E-state index contributed by atoms with van der Waals surface area (Å²) in [6.07, 6.45) is 0. The standard InChI is InChI=1S/C16H20N2OS/c1-10-7-8-20-15(10)12(3)18-14-6-5-13(9-11(14)2)16(19)17-4/h5-9,12,18H,1-4H3,(H,17,19). The zero-order chi connectivity index (χ0) is 14.7. The second kappa shape index (κ2) is 6.09. The number of nitrogens with one attached hydrogen (secondary N) is 2. The second-order valence-corrected chi connectivity index (χ2v) is 5.89. The summed E-state index contributed by atoms with van der Waals surface area (Å²) in [5.74, 6) is -0.0539. The van der Waals surface area contributed by atoms with Gasteiger partial charge in [0.1, 0.15) is 0 Å². The van der Waals surface area contributed by atoms with E-state index in [4.69, 9.17) is 0 Å². The Labute approximate surface area is 124 Å². The van der Waals surface area contributed by atoms with Crippen LogP contribution >= 0.6 is 11.3 Å². The highest BCUT2D eigenvalue weighted by Gasteiger charge is 2.12. The van der Waals surface area contributed by atoms with Gasteiger partial charge in [-0.05, 0) is 61.5 Å². The van der Waals surface area contributed by atoms with E-state index in [2.05, 4.69) is 35.9 Å². The molecule has 3 nitrogen and oxygen atoms in total.